The third-order valence-corrected chi connectivity index (χ3v) is 1.98. The second kappa shape index (κ2) is 5.27. The normalized spacial score (nSPS) is 10.1. The van der Waals surface area contributed by atoms with Gasteiger partial charge in [-0.05, 0) is 30.7 Å². The van der Waals surface area contributed by atoms with E-state index in [9.17, 15) is 14.7 Å². The van der Waals surface area contributed by atoms with Crippen LogP contribution in [-0.2, 0) is 9.53 Å². The fourth-order valence-electron chi connectivity index (χ4n) is 1.14. The van der Waals surface area contributed by atoms with Crippen LogP contribution < -0.4 is 0 Å². The Labute approximate surface area is 92.3 Å². The first-order valence-electron chi connectivity index (χ1n) is 4.63. The van der Waals surface area contributed by atoms with Gasteiger partial charge in [0, 0.05) is 5.56 Å². The molecule has 5 nitrogen and oxygen atoms in total. The van der Waals surface area contributed by atoms with Crippen LogP contribution in [0.3, 0.4) is 0 Å². The van der Waals surface area contributed by atoms with Crippen LogP contribution in [0.2, 0.25) is 0 Å². The number of carboxylic acids is 1. The number of benzene rings is 1. The first-order valence-corrected chi connectivity index (χ1v) is 4.63. The van der Waals surface area contributed by atoms with Gasteiger partial charge in [-0.25, -0.2) is 4.79 Å². The summed E-state index contributed by atoms with van der Waals surface area (Å²) >= 11 is 0. The van der Waals surface area contributed by atoms with Crippen molar-refractivity contribution in [1.29, 1.82) is 0 Å². The van der Waals surface area contributed by atoms with Gasteiger partial charge in [0.15, 0.2) is 5.78 Å². The van der Waals surface area contributed by atoms with Crippen LogP contribution in [0.5, 0.6) is 5.75 Å². The topological polar surface area (TPSA) is 83.8 Å². The van der Waals surface area contributed by atoms with E-state index < -0.39 is 12.6 Å². The Balaban J connectivity index is 2.59. The Kier molecular flexibility index (Phi) is 4.02. The van der Waals surface area contributed by atoms with Gasteiger partial charge in [0.1, 0.15) is 19.0 Å². The second-order valence-electron chi connectivity index (χ2n) is 3.31. The van der Waals surface area contributed by atoms with Gasteiger partial charge < -0.3 is 14.9 Å². The lowest BCUT2D eigenvalue weighted by Gasteiger charge is -2.03. The first kappa shape index (κ1) is 12.2. The lowest BCUT2D eigenvalue weighted by atomic mass is 10.1. The van der Waals surface area contributed by atoms with Crippen molar-refractivity contribution < 1.29 is 24.5 Å². The molecule has 1 aromatic carbocycles. The van der Waals surface area contributed by atoms with Gasteiger partial charge in [0.2, 0.25) is 0 Å². The lowest BCUT2D eigenvalue weighted by molar-refractivity contribution is -0.141. The van der Waals surface area contributed by atoms with Gasteiger partial charge >= 0.3 is 5.97 Å². The average molecular weight is 224 g/mol. The minimum atomic E-state index is -1.12. The molecule has 1 rings (SSSR count). The third-order valence-electron chi connectivity index (χ3n) is 1.98. The van der Waals surface area contributed by atoms with E-state index in [1.165, 1.54) is 18.2 Å². The molecule has 0 saturated heterocycles. The van der Waals surface area contributed by atoms with Crippen molar-refractivity contribution in [3.8, 4) is 5.75 Å². The lowest BCUT2D eigenvalue weighted by Crippen LogP contribution is -2.14. The number of carboxylic acid groups (broad SMARTS) is 1. The highest BCUT2D eigenvalue weighted by Crippen LogP contribution is 2.17. The highest BCUT2D eigenvalue weighted by molar-refractivity contribution is 5.97. The maximum atomic E-state index is 11.5. The molecule has 0 bridgehead atoms. The van der Waals surface area contributed by atoms with E-state index in [-0.39, 0.29) is 18.1 Å². The molecule has 0 aromatic heterocycles. The predicted octanol–water partition coefficient (Wildman–Crippen LogP) is 0.985. The third kappa shape index (κ3) is 3.36. The van der Waals surface area contributed by atoms with Crippen molar-refractivity contribution in [2.45, 2.75) is 6.92 Å². The molecule has 0 aliphatic heterocycles. The van der Waals surface area contributed by atoms with Crippen LogP contribution in [0, 0.1) is 6.92 Å². The SMILES string of the molecule is Cc1cc(C(=O)COCC(=O)O)ccc1O. The zero-order valence-electron chi connectivity index (χ0n) is 8.77. The summed E-state index contributed by atoms with van der Waals surface area (Å²) in [6.07, 6.45) is 0. The van der Waals surface area contributed by atoms with Crippen molar-refractivity contribution in [1.82, 2.24) is 0 Å². The Hall–Kier alpha value is -1.88. The largest absolute Gasteiger partial charge is 0.508 e. The quantitative estimate of drug-likeness (QED) is 0.728. The van der Waals surface area contributed by atoms with E-state index in [0.717, 1.165) is 0 Å². The number of aromatic hydroxyl groups is 1. The van der Waals surface area contributed by atoms with E-state index >= 15 is 0 Å². The van der Waals surface area contributed by atoms with Crippen LogP contribution in [0.4, 0.5) is 0 Å². The number of aliphatic carboxylic acids is 1. The maximum Gasteiger partial charge on any atom is 0.329 e. The van der Waals surface area contributed by atoms with Crippen molar-refractivity contribution in [3.63, 3.8) is 0 Å². The molecule has 0 fully saturated rings. The molecule has 5 heteroatoms. The Morgan fingerprint density at radius 1 is 1.31 bits per heavy atom. The molecule has 86 valence electrons. The minimum Gasteiger partial charge on any atom is -0.508 e. The number of ether oxygens (including phenoxy) is 1. The zero-order valence-corrected chi connectivity index (χ0v) is 8.77. The van der Waals surface area contributed by atoms with E-state index in [4.69, 9.17) is 5.11 Å². The number of aryl methyl sites for hydroxylation is 1. The van der Waals surface area contributed by atoms with Gasteiger partial charge in [-0.2, -0.15) is 0 Å². The number of ketones is 1. The van der Waals surface area contributed by atoms with Gasteiger partial charge in [-0.1, -0.05) is 0 Å². The highest BCUT2D eigenvalue weighted by Gasteiger charge is 2.08. The summed E-state index contributed by atoms with van der Waals surface area (Å²) in [5, 5.41) is 17.6. The van der Waals surface area contributed by atoms with Crippen LogP contribution in [0.25, 0.3) is 0 Å². The number of rotatable bonds is 5. The van der Waals surface area contributed by atoms with Crippen LogP contribution >= 0.6 is 0 Å². The number of phenolic OH excluding ortho intramolecular Hbond substituents is 1. The molecule has 1 aromatic rings. The van der Waals surface area contributed by atoms with Crippen LogP contribution in [0.1, 0.15) is 15.9 Å². The van der Waals surface area contributed by atoms with Crippen molar-refractivity contribution in [3.05, 3.63) is 29.3 Å². The first-order chi connectivity index (χ1) is 7.50. The number of Topliss-reactive ketones (excluding diaryl/α,β-unsaturated/α-hetero) is 1. The molecule has 0 atom stereocenters. The summed E-state index contributed by atoms with van der Waals surface area (Å²) in [5.41, 5.74) is 0.977. The molecule has 0 spiro atoms. The standard InChI is InChI=1S/C11H12O5/c1-7-4-8(2-3-9(7)12)10(13)5-16-6-11(14)15/h2-4,12H,5-6H2,1H3,(H,14,15). The van der Waals surface area contributed by atoms with E-state index in [1.807, 2.05) is 0 Å². The van der Waals surface area contributed by atoms with Gasteiger partial charge in [-0.15, -0.1) is 0 Å². The Morgan fingerprint density at radius 3 is 2.56 bits per heavy atom. The summed E-state index contributed by atoms with van der Waals surface area (Å²) in [4.78, 5) is 21.6. The molecular weight excluding hydrogens is 212 g/mol. The molecule has 0 radical (unpaired) electrons. The molecule has 0 heterocycles. The number of phenols is 1. The summed E-state index contributed by atoms with van der Waals surface area (Å²) < 4.78 is 4.67. The summed E-state index contributed by atoms with van der Waals surface area (Å²) in [6, 6.07) is 4.41. The molecule has 0 unspecified atom stereocenters. The molecule has 0 amide bonds. The second-order valence-corrected chi connectivity index (χ2v) is 3.31. The van der Waals surface area contributed by atoms with Gasteiger partial charge in [0.25, 0.3) is 0 Å². The summed E-state index contributed by atoms with van der Waals surface area (Å²) in [5.74, 6) is -1.32. The van der Waals surface area contributed by atoms with Crippen molar-refractivity contribution in [2.24, 2.45) is 0 Å². The fraction of sp³-hybridized carbons (Fsp3) is 0.273. The molecule has 0 aliphatic carbocycles. The summed E-state index contributed by atoms with van der Waals surface area (Å²) in [7, 11) is 0. The molecular formula is C11H12O5. The molecule has 16 heavy (non-hydrogen) atoms. The average Bonchev–Trinajstić information content (AvgIpc) is 2.21. The van der Waals surface area contributed by atoms with E-state index in [0.29, 0.717) is 11.1 Å². The maximum absolute atomic E-state index is 11.5. The Morgan fingerprint density at radius 2 is 2.00 bits per heavy atom. The minimum absolute atomic E-state index is 0.114. The number of hydrogen-bond acceptors (Lipinski definition) is 4. The van der Waals surface area contributed by atoms with Crippen LogP contribution in [-0.4, -0.2) is 35.2 Å². The monoisotopic (exact) mass is 224 g/mol. The van der Waals surface area contributed by atoms with Crippen molar-refractivity contribution >= 4 is 11.8 Å². The molecule has 2 N–H and O–H groups in total. The van der Waals surface area contributed by atoms with Crippen molar-refractivity contribution in [2.75, 3.05) is 13.2 Å². The van der Waals surface area contributed by atoms with Crippen LogP contribution in [0.15, 0.2) is 18.2 Å². The Bertz CT molecular complexity index is 411. The highest BCUT2D eigenvalue weighted by atomic mass is 16.5. The molecule has 0 aliphatic rings. The smallest absolute Gasteiger partial charge is 0.329 e. The van der Waals surface area contributed by atoms with E-state index in [2.05, 4.69) is 4.74 Å². The number of carbonyl (C=O) groups excluding carboxylic acids is 1. The summed E-state index contributed by atoms with van der Waals surface area (Å²) in [6.45, 7) is 0.892. The number of hydrogen-bond donors (Lipinski definition) is 2. The number of carbonyl (C=O) groups is 2. The predicted molar refractivity (Wildman–Crippen MR) is 55.6 cm³/mol. The van der Waals surface area contributed by atoms with Gasteiger partial charge in [-0.3, -0.25) is 4.79 Å². The fourth-order valence-corrected chi connectivity index (χ4v) is 1.14. The van der Waals surface area contributed by atoms with E-state index in [1.54, 1.807) is 6.92 Å². The molecule has 0 saturated carbocycles. The zero-order chi connectivity index (χ0) is 12.1. The van der Waals surface area contributed by atoms with Gasteiger partial charge in [0.05, 0.1) is 0 Å².